The predicted molar refractivity (Wildman–Crippen MR) is 142 cm³/mol. The Morgan fingerprint density at radius 2 is 2.14 bits per heavy atom. The molecule has 0 saturated heterocycles. The quantitative estimate of drug-likeness (QED) is 0.200. The van der Waals surface area contributed by atoms with Crippen LogP contribution in [0.2, 0.25) is 0 Å². The van der Waals surface area contributed by atoms with E-state index in [1.807, 2.05) is 24.7 Å². The summed E-state index contributed by atoms with van der Waals surface area (Å²) in [6.07, 6.45) is 7.61. The lowest BCUT2D eigenvalue weighted by molar-refractivity contribution is 0.428. The largest absolute Gasteiger partial charge is 0.454 e. The third-order valence-corrected chi connectivity index (χ3v) is 7.11. The Hall–Kier alpha value is -3.85. The zero-order valence-corrected chi connectivity index (χ0v) is 21.0. The number of hydrogen-bond donors (Lipinski definition) is 3. The molecule has 182 valence electrons. The van der Waals surface area contributed by atoms with Gasteiger partial charge in [-0.1, -0.05) is 11.8 Å². The first-order valence-corrected chi connectivity index (χ1v) is 12.5. The molecule has 11 heteroatoms. The Labute approximate surface area is 216 Å². The van der Waals surface area contributed by atoms with E-state index in [-0.39, 0.29) is 5.50 Å². The summed E-state index contributed by atoms with van der Waals surface area (Å²) in [7, 11) is 3.71. The molecule has 3 aromatic rings. The van der Waals surface area contributed by atoms with Crippen molar-refractivity contribution in [2.75, 3.05) is 14.1 Å². The van der Waals surface area contributed by atoms with E-state index in [4.69, 9.17) is 10.1 Å². The summed E-state index contributed by atoms with van der Waals surface area (Å²) in [6, 6.07) is 12.2. The molecule has 0 saturated carbocycles. The number of nitrogens with one attached hydrogen (secondary N) is 3. The molecule has 3 heterocycles. The molecule has 1 atom stereocenters. The van der Waals surface area contributed by atoms with Crippen molar-refractivity contribution in [3.8, 4) is 28.8 Å². The van der Waals surface area contributed by atoms with Crippen molar-refractivity contribution in [1.82, 2.24) is 24.9 Å². The molecule has 1 aliphatic rings. The van der Waals surface area contributed by atoms with Gasteiger partial charge in [0.25, 0.3) is 0 Å². The van der Waals surface area contributed by atoms with E-state index in [9.17, 15) is 9.65 Å². The fourth-order valence-electron chi connectivity index (χ4n) is 3.32. The van der Waals surface area contributed by atoms with Crippen LogP contribution in [0.1, 0.15) is 11.1 Å². The van der Waals surface area contributed by atoms with Crippen molar-refractivity contribution in [2.24, 2.45) is 0 Å². The van der Waals surface area contributed by atoms with Gasteiger partial charge in [0.15, 0.2) is 5.75 Å². The topological polar surface area (TPSA) is 110 Å². The van der Waals surface area contributed by atoms with E-state index < -0.39 is 5.95 Å². The fraction of sp³-hybridized carbons (Fsp3) is 0.120. The van der Waals surface area contributed by atoms with Gasteiger partial charge in [-0.15, -0.1) is 0 Å². The first kappa shape index (κ1) is 25.2. The van der Waals surface area contributed by atoms with Crippen molar-refractivity contribution in [2.45, 2.75) is 10.4 Å². The molecule has 2 aromatic heterocycles. The highest BCUT2D eigenvalue weighted by molar-refractivity contribution is 8.04. The number of rotatable bonds is 9. The fourth-order valence-corrected chi connectivity index (χ4v) is 5.08. The van der Waals surface area contributed by atoms with Crippen molar-refractivity contribution in [3.05, 3.63) is 83.6 Å². The van der Waals surface area contributed by atoms with Crippen LogP contribution in [0.5, 0.6) is 11.5 Å². The van der Waals surface area contributed by atoms with Crippen LogP contribution >= 0.6 is 23.7 Å². The third kappa shape index (κ3) is 5.85. The van der Waals surface area contributed by atoms with Gasteiger partial charge in [0.1, 0.15) is 17.3 Å². The smallest absolute Gasteiger partial charge is 0.213 e. The molecule has 1 unspecified atom stereocenters. The van der Waals surface area contributed by atoms with E-state index in [1.54, 1.807) is 49.2 Å². The van der Waals surface area contributed by atoms with Gasteiger partial charge < -0.3 is 20.4 Å². The molecular weight excluding hydrogens is 497 g/mol. The second-order valence-corrected chi connectivity index (χ2v) is 9.36. The second-order valence-electron chi connectivity index (χ2n) is 7.46. The Morgan fingerprint density at radius 3 is 2.83 bits per heavy atom. The van der Waals surface area contributed by atoms with Gasteiger partial charge >= 0.3 is 0 Å². The molecular formula is C25H22FN7OS2. The molecule has 0 bridgehead atoms. The molecule has 0 spiro atoms. The SMILES string of the molecule is CN/C(=C\C=N)c1cc(-c2ccnc(F)c2)ncc1Oc1ccc(SNC2SC=CN2C)cc1C#N. The number of halogens is 1. The number of nitriles is 1. The van der Waals surface area contributed by atoms with Gasteiger partial charge in [0.05, 0.1) is 17.5 Å². The second kappa shape index (κ2) is 11.7. The Kier molecular flexibility index (Phi) is 8.22. The highest BCUT2D eigenvalue weighted by atomic mass is 32.2. The van der Waals surface area contributed by atoms with E-state index in [0.717, 1.165) is 11.1 Å². The summed E-state index contributed by atoms with van der Waals surface area (Å²) in [5.41, 5.74) is 2.72. The number of allylic oxidation sites excluding steroid dienone is 1. The maximum Gasteiger partial charge on any atom is 0.213 e. The number of benzene rings is 1. The Balaban J connectivity index is 1.63. The van der Waals surface area contributed by atoms with Crippen LogP contribution in [0.15, 0.2) is 71.4 Å². The number of thioether (sulfide) groups is 1. The summed E-state index contributed by atoms with van der Waals surface area (Å²) in [5, 5.41) is 22.4. The van der Waals surface area contributed by atoms with Crippen molar-refractivity contribution in [3.63, 3.8) is 0 Å². The van der Waals surface area contributed by atoms with E-state index in [0.29, 0.717) is 39.6 Å². The Morgan fingerprint density at radius 1 is 1.28 bits per heavy atom. The lowest BCUT2D eigenvalue weighted by Gasteiger charge is -2.20. The van der Waals surface area contributed by atoms with Gasteiger partial charge in [-0.05, 0) is 53.8 Å². The zero-order chi connectivity index (χ0) is 25.5. The number of pyridine rings is 2. The van der Waals surface area contributed by atoms with Crippen molar-refractivity contribution < 1.29 is 9.13 Å². The first-order valence-electron chi connectivity index (χ1n) is 10.7. The van der Waals surface area contributed by atoms with Crippen LogP contribution in [-0.2, 0) is 0 Å². The Bertz CT molecular complexity index is 1370. The van der Waals surface area contributed by atoms with Crippen molar-refractivity contribution in [1.29, 1.82) is 10.7 Å². The minimum atomic E-state index is -0.611. The molecule has 3 N–H and O–H groups in total. The first-order chi connectivity index (χ1) is 17.5. The number of aromatic nitrogens is 2. The molecule has 8 nitrogen and oxygen atoms in total. The predicted octanol–water partition coefficient (Wildman–Crippen LogP) is 5.19. The molecule has 0 aliphatic carbocycles. The summed E-state index contributed by atoms with van der Waals surface area (Å²) in [4.78, 5) is 11.0. The zero-order valence-electron chi connectivity index (χ0n) is 19.4. The van der Waals surface area contributed by atoms with E-state index in [2.05, 4.69) is 31.0 Å². The average molecular weight is 520 g/mol. The molecule has 0 amide bonds. The highest BCUT2D eigenvalue weighted by Gasteiger charge is 2.18. The standard InChI is InChI=1S/C25H22FN7OS2/c1-29-20(5-7-27)19-13-21(16-6-8-30-24(26)12-16)31-15-23(19)34-22-4-3-18(11-17(22)14-28)36-32-25-33(2)9-10-35-25/h3-13,15,25,27,29,32H,1-2H3/b20-5-,27-7?. The van der Waals surface area contributed by atoms with Crippen LogP contribution < -0.4 is 14.8 Å². The van der Waals surface area contributed by atoms with Crippen LogP contribution in [0.3, 0.4) is 0 Å². The normalized spacial score (nSPS) is 15.0. The minimum absolute atomic E-state index is 0.109. The highest BCUT2D eigenvalue weighted by Crippen LogP contribution is 2.35. The monoisotopic (exact) mass is 519 g/mol. The van der Waals surface area contributed by atoms with Crippen molar-refractivity contribution >= 4 is 35.6 Å². The van der Waals surface area contributed by atoms with Gasteiger partial charge in [-0.3, -0.25) is 4.98 Å². The summed E-state index contributed by atoms with van der Waals surface area (Å²) < 4.78 is 23.2. The lowest BCUT2D eigenvalue weighted by atomic mass is 10.1. The summed E-state index contributed by atoms with van der Waals surface area (Å²) >= 11 is 3.09. The number of nitrogens with zero attached hydrogens (tertiary/aromatic N) is 4. The molecule has 0 fully saturated rings. The third-order valence-electron chi connectivity index (χ3n) is 5.14. The van der Waals surface area contributed by atoms with Crippen LogP contribution in [0, 0.1) is 22.7 Å². The van der Waals surface area contributed by atoms with E-state index >= 15 is 0 Å². The van der Waals surface area contributed by atoms with Gasteiger partial charge in [0.2, 0.25) is 5.95 Å². The molecule has 36 heavy (non-hydrogen) atoms. The molecule has 1 aliphatic heterocycles. The van der Waals surface area contributed by atoms with Gasteiger partial charge in [0, 0.05) is 60.5 Å². The van der Waals surface area contributed by atoms with Crippen LogP contribution in [0.4, 0.5) is 4.39 Å². The minimum Gasteiger partial charge on any atom is -0.454 e. The maximum atomic E-state index is 13.7. The van der Waals surface area contributed by atoms with Crippen LogP contribution in [-0.4, -0.2) is 40.7 Å². The molecule has 4 rings (SSSR count). The van der Waals surface area contributed by atoms with Crippen LogP contribution in [0.25, 0.3) is 17.0 Å². The van der Waals surface area contributed by atoms with Gasteiger partial charge in [-0.2, -0.15) is 9.65 Å². The number of hydrogen-bond acceptors (Lipinski definition) is 10. The maximum absolute atomic E-state index is 13.7. The summed E-state index contributed by atoms with van der Waals surface area (Å²) in [5.74, 6) is 0.133. The van der Waals surface area contributed by atoms with E-state index in [1.165, 1.54) is 30.4 Å². The average Bonchev–Trinajstić information content (AvgIpc) is 3.31. The number of ether oxygens (including phenoxy) is 1. The molecule has 0 radical (unpaired) electrons. The lowest BCUT2D eigenvalue weighted by Crippen LogP contribution is -2.30. The van der Waals surface area contributed by atoms with Gasteiger partial charge in [-0.25, -0.2) is 9.71 Å². The summed E-state index contributed by atoms with van der Waals surface area (Å²) in [6.45, 7) is 0. The molecule has 1 aromatic carbocycles.